The summed E-state index contributed by atoms with van der Waals surface area (Å²) in [6.45, 7) is 0. The molecule has 0 fully saturated rings. The molecule has 0 saturated heterocycles. The molecule has 0 N–H and O–H groups in total. The average molecular weight is 2060 g/mol. The number of rotatable bonds is 27. The molecule has 0 aliphatic heterocycles. The van der Waals surface area contributed by atoms with Crippen LogP contribution in [0.15, 0.2) is 546 Å². The van der Waals surface area contributed by atoms with Gasteiger partial charge in [-0.3, -0.25) is 0 Å². The van der Waals surface area contributed by atoms with Crippen molar-refractivity contribution in [2.45, 2.75) is 4.68 Å². The van der Waals surface area contributed by atoms with Gasteiger partial charge in [-0.2, -0.15) is 0 Å². The van der Waals surface area contributed by atoms with Crippen LogP contribution in [0.3, 0.4) is 0 Å². The first-order chi connectivity index (χ1) is 59.0. The zero-order valence-electron chi connectivity index (χ0n) is 66.8. The van der Waals surface area contributed by atoms with Crippen molar-refractivity contribution in [1.29, 1.82) is 0 Å². The van der Waals surface area contributed by atoms with Crippen LogP contribution in [0.5, 0.6) is 0 Å². The molecular formula is C109H93Ge6HfN3. The summed E-state index contributed by atoms with van der Waals surface area (Å²) >= 11 is -41.0. The molecule has 0 saturated carbocycles. The van der Waals surface area contributed by atoms with E-state index in [1.165, 1.54) is 79.1 Å². The Balaban J connectivity index is 1.33. The molecule has 0 heterocycles. The first kappa shape index (κ1) is 80.1. The fourth-order valence-corrected chi connectivity index (χ4v) is 302. The molecule has 0 aromatic heterocycles. The molecule has 0 atom stereocenters. The Morgan fingerprint density at radius 1 is 0.109 bits per heavy atom. The van der Waals surface area contributed by atoms with Crippen molar-refractivity contribution in [3.63, 3.8) is 0 Å². The molecule has 0 aliphatic rings. The van der Waals surface area contributed by atoms with E-state index in [0.717, 1.165) is 0 Å². The van der Waals surface area contributed by atoms with E-state index in [2.05, 4.69) is 553 Å². The van der Waals surface area contributed by atoms with Crippen LogP contribution < -0.4 is 79.1 Å². The van der Waals surface area contributed by atoms with E-state index in [9.17, 15) is 0 Å². The number of nitrogens with zero attached hydrogens (tertiary/aromatic N) is 3. The van der Waals surface area contributed by atoms with Gasteiger partial charge in [0.2, 0.25) is 0 Å². The molecule has 3 nitrogen and oxygen atoms in total. The van der Waals surface area contributed by atoms with E-state index in [0.29, 0.717) is 0 Å². The Bertz CT molecular complexity index is 4640. The van der Waals surface area contributed by atoms with Crippen molar-refractivity contribution in [2.75, 3.05) is 0 Å². The SMILES string of the molecule is [CH3][Hf]([N]([Ge]([c]1ccccc1)([c]1ccccc1)[c]1ccccc1)[Ge]([c]1ccccc1)([c]1ccccc1)[c]1ccccc1)([N]([Ge]([c]1ccccc1)([c]1ccccc1)[c]1ccccc1)[Ge]([c]1ccccc1)([c]1ccccc1)[c]1ccccc1)[N]([Ge]([c]1ccccc1)([c]1ccccc1)[c]1ccccc1)[Ge]([c]1ccccc1)([c]1ccccc1)[c]1ccccc1. The Morgan fingerprint density at radius 3 is 0.227 bits per heavy atom. The molecule has 572 valence electrons. The van der Waals surface area contributed by atoms with E-state index in [1.807, 2.05) is 0 Å². The summed E-state index contributed by atoms with van der Waals surface area (Å²) in [4.78, 5) is 0. The van der Waals surface area contributed by atoms with Crippen LogP contribution in [-0.2, 0) is 20.8 Å². The third kappa shape index (κ3) is 13.8. The maximum absolute atomic E-state index is 7.44. The van der Waals surface area contributed by atoms with Gasteiger partial charge in [-0.05, 0) is 0 Å². The molecule has 0 aliphatic carbocycles. The van der Waals surface area contributed by atoms with Gasteiger partial charge in [0, 0.05) is 0 Å². The Labute approximate surface area is 725 Å². The maximum atomic E-state index is 3.92. The second-order valence-electron chi connectivity index (χ2n) is 30.8. The fourth-order valence-electron chi connectivity index (χ4n) is 20.5. The van der Waals surface area contributed by atoms with Crippen molar-refractivity contribution in [2.24, 2.45) is 0 Å². The normalized spacial score (nSPS) is 12.3. The van der Waals surface area contributed by atoms with Crippen molar-refractivity contribution in [1.82, 2.24) is 2.41 Å². The minimum absolute atomic E-state index is 1.37. The molecule has 0 radical (unpaired) electrons. The van der Waals surface area contributed by atoms with Crippen molar-refractivity contribution in [3.05, 3.63) is 546 Å². The van der Waals surface area contributed by atoms with Crippen LogP contribution >= 0.6 is 0 Å². The third-order valence-corrected chi connectivity index (χ3v) is 190. The zero-order chi connectivity index (χ0) is 80.3. The van der Waals surface area contributed by atoms with Crippen LogP contribution in [-0.4, -0.2) is 83.3 Å². The van der Waals surface area contributed by atoms with E-state index in [4.69, 9.17) is 0 Å². The summed E-state index contributed by atoms with van der Waals surface area (Å²) < 4.78 is 39.7. The van der Waals surface area contributed by atoms with Gasteiger partial charge in [0.1, 0.15) is 0 Å². The molecule has 18 aromatic carbocycles. The Hall–Kier alpha value is -10.0. The van der Waals surface area contributed by atoms with Gasteiger partial charge in [0.15, 0.2) is 0 Å². The van der Waals surface area contributed by atoms with Gasteiger partial charge < -0.3 is 0 Å². The van der Waals surface area contributed by atoms with Crippen molar-refractivity contribution >= 4 is 160 Å². The van der Waals surface area contributed by atoms with Crippen molar-refractivity contribution < 1.29 is 20.8 Å². The number of hydrogen-bond acceptors (Lipinski definition) is 3. The molecule has 0 amide bonds. The van der Waals surface area contributed by atoms with Gasteiger partial charge in [-0.25, -0.2) is 0 Å². The van der Waals surface area contributed by atoms with Crippen LogP contribution in [0, 0.1) is 0 Å². The second-order valence-corrected chi connectivity index (χ2v) is 114. The van der Waals surface area contributed by atoms with Gasteiger partial charge >= 0.3 is 734 Å². The van der Waals surface area contributed by atoms with Gasteiger partial charge in [-0.1, -0.05) is 0 Å². The fraction of sp³-hybridized carbons (Fsp3) is 0.00917. The predicted molar refractivity (Wildman–Crippen MR) is 515 cm³/mol. The summed E-state index contributed by atoms with van der Waals surface area (Å²) in [5.41, 5.74) is 0. The molecule has 0 spiro atoms. The van der Waals surface area contributed by atoms with Crippen molar-refractivity contribution in [3.8, 4) is 0 Å². The molecule has 0 bridgehead atoms. The summed E-state index contributed by atoms with van der Waals surface area (Å²) in [7, 11) is 0. The summed E-state index contributed by atoms with van der Waals surface area (Å²) in [5.74, 6) is 0. The summed E-state index contributed by atoms with van der Waals surface area (Å²) in [6.07, 6.45) is 0. The van der Waals surface area contributed by atoms with Gasteiger partial charge in [-0.15, -0.1) is 0 Å². The predicted octanol–water partition coefficient (Wildman–Crippen LogP) is 12.8. The molecule has 10 heteroatoms. The van der Waals surface area contributed by atoms with Crippen LogP contribution in [0.1, 0.15) is 0 Å². The summed E-state index contributed by atoms with van der Waals surface area (Å²) in [6, 6.07) is 223. The number of hydrogen-bond donors (Lipinski definition) is 0. The topological polar surface area (TPSA) is 9.72 Å². The Kier molecular flexibility index (Phi) is 24.3. The minimum atomic E-state index is -7.44. The third-order valence-electron chi connectivity index (χ3n) is 24.7. The van der Waals surface area contributed by atoms with Gasteiger partial charge in [0.05, 0.1) is 0 Å². The quantitative estimate of drug-likeness (QED) is 0.0475. The monoisotopic (exact) mass is 2070 g/mol. The molecule has 18 aromatic rings. The van der Waals surface area contributed by atoms with Crippen LogP contribution in [0.4, 0.5) is 0 Å². The number of benzene rings is 18. The van der Waals surface area contributed by atoms with E-state index >= 15 is 0 Å². The van der Waals surface area contributed by atoms with E-state index in [1.54, 1.807) is 0 Å². The van der Waals surface area contributed by atoms with Gasteiger partial charge in [0.25, 0.3) is 0 Å². The standard InChI is InChI=1S/3C36H30Ge2N.CH3.Hf/c3*1-7-19-31(20-8-1)37(32-21-9-2-10-22-32,33-23-11-3-12-24-33)39-38(34-25-13-4-14-26-34,35-27-15-5-16-28-35)36-29-17-6-18-30-36;;/h3*1-30H;1H3;/q3*-1;;+3. The van der Waals surface area contributed by atoms with Crippen LogP contribution in [0.25, 0.3) is 0 Å². The first-order valence-corrected chi connectivity index (χ1v) is 74.3. The Morgan fingerprint density at radius 2 is 0.168 bits per heavy atom. The molecular weight excluding hydrogens is 1970 g/mol. The average Bonchev–Trinajstić information content (AvgIpc) is 0.639. The molecule has 18 rings (SSSR count). The molecule has 0 unspecified atom stereocenters. The molecule has 119 heavy (non-hydrogen) atoms. The second kappa shape index (κ2) is 36.1. The first-order valence-electron chi connectivity index (χ1n) is 41.4. The summed E-state index contributed by atoms with van der Waals surface area (Å²) in [5, 5.41) is 0. The van der Waals surface area contributed by atoms with E-state index in [-0.39, 0.29) is 0 Å². The zero-order valence-corrected chi connectivity index (χ0v) is 83.0. The van der Waals surface area contributed by atoms with E-state index < -0.39 is 102 Å². The van der Waals surface area contributed by atoms with Crippen LogP contribution in [0.2, 0.25) is 4.68 Å².